The molecule has 1 aliphatic rings. The van der Waals surface area contributed by atoms with Crippen LogP contribution in [0.2, 0.25) is 0 Å². The summed E-state index contributed by atoms with van der Waals surface area (Å²) in [5, 5.41) is 12.0. The van der Waals surface area contributed by atoms with Gasteiger partial charge in [0.05, 0.1) is 6.10 Å². The quantitative estimate of drug-likeness (QED) is 0.874. The molecule has 4 nitrogen and oxygen atoms in total. The molecule has 2 unspecified atom stereocenters. The number of nitrogens with zero attached hydrogens (tertiary/aromatic N) is 1. The van der Waals surface area contributed by atoms with E-state index in [1.807, 2.05) is 0 Å². The highest BCUT2D eigenvalue weighted by atomic mass is 19.1. The van der Waals surface area contributed by atoms with E-state index >= 15 is 0 Å². The fourth-order valence-electron chi connectivity index (χ4n) is 2.57. The summed E-state index contributed by atoms with van der Waals surface area (Å²) in [6.07, 6.45) is 0.845. The summed E-state index contributed by atoms with van der Waals surface area (Å²) < 4.78 is 26.0. The van der Waals surface area contributed by atoms with Crippen LogP contribution in [0.25, 0.3) is 0 Å². The summed E-state index contributed by atoms with van der Waals surface area (Å²) in [4.78, 5) is 13.9. The van der Waals surface area contributed by atoms with Gasteiger partial charge in [0.2, 0.25) is 5.91 Å². The molecule has 21 heavy (non-hydrogen) atoms. The molecule has 0 aromatic heterocycles. The van der Waals surface area contributed by atoms with Gasteiger partial charge in [-0.15, -0.1) is 0 Å². The van der Waals surface area contributed by atoms with E-state index < -0.39 is 11.6 Å². The SMILES string of the molecule is CC(O)C1CCN(CCC(=O)Nc2cc(F)cc(F)c2)C1. The van der Waals surface area contributed by atoms with Gasteiger partial charge >= 0.3 is 0 Å². The predicted molar refractivity (Wildman–Crippen MR) is 75.8 cm³/mol. The van der Waals surface area contributed by atoms with Gasteiger partial charge in [0.15, 0.2) is 0 Å². The van der Waals surface area contributed by atoms with Crippen LogP contribution in [0, 0.1) is 17.6 Å². The van der Waals surface area contributed by atoms with Crippen molar-refractivity contribution in [1.29, 1.82) is 0 Å². The highest BCUT2D eigenvalue weighted by Crippen LogP contribution is 2.19. The van der Waals surface area contributed by atoms with Crippen LogP contribution in [0.4, 0.5) is 14.5 Å². The monoisotopic (exact) mass is 298 g/mol. The first-order valence-corrected chi connectivity index (χ1v) is 7.10. The maximum atomic E-state index is 13.0. The van der Waals surface area contributed by atoms with Crippen molar-refractivity contribution in [2.45, 2.75) is 25.9 Å². The van der Waals surface area contributed by atoms with Gasteiger partial charge in [0.1, 0.15) is 11.6 Å². The Hall–Kier alpha value is -1.53. The number of hydrogen-bond donors (Lipinski definition) is 2. The second kappa shape index (κ2) is 6.95. The van der Waals surface area contributed by atoms with E-state index in [2.05, 4.69) is 10.2 Å². The number of hydrogen-bond acceptors (Lipinski definition) is 3. The lowest BCUT2D eigenvalue weighted by Gasteiger charge is -2.17. The van der Waals surface area contributed by atoms with Crippen molar-refractivity contribution in [3.63, 3.8) is 0 Å². The maximum absolute atomic E-state index is 13.0. The summed E-state index contributed by atoms with van der Waals surface area (Å²) in [5.74, 6) is -1.46. The van der Waals surface area contributed by atoms with Crippen molar-refractivity contribution in [3.8, 4) is 0 Å². The van der Waals surface area contributed by atoms with Crippen LogP contribution >= 0.6 is 0 Å². The topological polar surface area (TPSA) is 52.6 Å². The molecule has 2 N–H and O–H groups in total. The van der Waals surface area contributed by atoms with E-state index in [0.717, 1.165) is 37.7 Å². The summed E-state index contributed by atoms with van der Waals surface area (Å²) >= 11 is 0. The number of benzene rings is 1. The van der Waals surface area contributed by atoms with E-state index in [-0.39, 0.29) is 30.0 Å². The Labute approximate surface area is 122 Å². The number of aliphatic hydroxyl groups is 1. The smallest absolute Gasteiger partial charge is 0.225 e. The fourth-order valence-corrected chi connectivity index (χ4v) is 2.57. The van der Waals surface area contributed by atoms with Crippen LogP contribution < -0.4 is 5.32 Å². The largest absolute Gasteiger partial charge is 0.393 e. The molecule has 2 rings (SSSR count). The molecule has 1 amide bonds. The molecule has 2 atom stereocenters. The van der Waals surface area contributed by atoms with E-state index in [1.165, 1.54) is 0 Å². The van der Waals surface area contributed by atoms with Crippen LogP contribution in [-0.2, 0) is 4.79 Å². The Morgan fingerprint density at radius 2 is 2.10 bits per heavy atom. The second-order valence-corrected chi connectivity index (χ2v) is 5.55. The third-order valence-electron chi connectivity index (χ3n) is 3.79. The molecular weight excluding hydrogens is 278 g/mol. The molecule has 0 bridgehead atoms. The number of aliphatic hydroxyl groups excluding tert-OH is 1. The van der Waals surface area contributed by atoms with Crippen molar-refractivity contribution < 1.29 is 18.7 Å². The lowest BCUT2D eigenvalue weighted by Crippen LogP contribution is -2.27. The standard InChI is InChI=1S/C15H20F2N2O2/c1-10(20)11-2-4-19(9-11)5-3-15(21)18-14-7-12(16)6-13(17)8-14/h6-8,10-11,20H,2-5,9H2,1H3,(H,18,21). The first-order valence-electron chi connectivity index (χ1n) is 7.10. The zero-order valence-corrected chi connectivity index (χ0v) is 12.0. The first-order chi connectivity index (χ1) is 9.94. The van der Waals surface area contributed by atoms with Crippen LogP contribution in [0.1, 0.15) is 19.8 Å². The zero-order valence-electron chi connectivity index (χ0n) is 12.0. The number of rotatable bonds is 5. The lowest BCUT2D eigenvalue weighted by molar-refractivity contribution is -0.116. The summed E-state index contributed by atoms with van der Waals surface area (Å²) in [6.45, 7) is 3.99. The predicted octanol–water partition coefficient (Wildman–Crippen LogP) is 2.00. The van der Waals surface area contributed by atoms with Crippen LogP contribution in [0.15, 0.2) is 18.2 Å². The van der Waals surface area contributed by atoms with Gasteiger partial charge in [-0.25, -0.2) is 8.78 Å². The molecular formula is C15H20F2N2O2. The molecule has 0 aliphatic carbocycles. The third kappa shape index (κ3) is 4.75. The maximum Gasteiger partial charge on any atom is 0.225 e. The number of carbonyl (C=O) groups excluding carboxylic acids is 1. The molecule has 1 aromatic carbocycles. The minimum Gasteiger partial charge on any atom is -0.393 e. The van der Waals surface area contributed by atoms with Gasteiger partial charge in [0.25, 0.3) is 0 Å². The van der Waals surface area contributed by atoms with Crippen LogP contribution in [0.3, 0.4) is 0 Å². The molecule has 1 aromatic rings. The van der Waals surface area contributed by atoms with Gasteiger partial charge in [-0.1, -0.05) is 0 Å². The molecule has 1 fully saturated rings. The van der Waals surface area contributed by atoms with Gasteiger partial charge in [0, 0.05) is 31.3 Å². The normalized spacial score (nSPS) is 20.5. The van der Waals surface area contributed by atoms with Crippen LogP contribution in [-0.4, -0.2) is 41.7 Å². The number of likely N-dealkylation sites (tertiary alicyclic amines) is 1. The molecule has 116 valence electrons. The molecule has 1 heterocycles. The summed E-state index contributed by atoms with van der Waals surface area (Å²) in [5.41, 5.74) is 0.126. The first kappa shape index (κ1) is 15.9. The minimum atomic E-state index is -0.718. The second-order valence-electron chi connectivity index (χ2n) is 5.55. The molecule has 1 saturated heterocycles. The van der Waals surface area contributed by atoms with Crippen molar-refractivity contribution in [3.05, 3.63) is 29.8 Å². The Balaban J connectivity index is 1.78. The van der Waals surface area contributed by atoms with Crippen molar-refractivity contribution in [2.75, 3.05) is 25.0 Å². The average Bonchev–Trinajstić information content (AvgIpc) is 2.84. The Kier molecular flexibility index (Phi) is 5.25. The van der Waals surface area contributed by atoms with E-state index in [9.17, 15) is 18.7 Å². The van der Waals surface area contributed by atoms with Crippen molar-refractivity contribution in [1.82, 2.24) is 4.90 Å². The number of anilines is 1. The zero-order chi connectivity index (χ0) is 15.4. The van der Waals surface area contributed by atoms with Gasteiger partial charge in [-0.3, -0.25) is 4.79 Å². The van der Waals surface area contributed by atoms with Gasteiger partial charge < -0.3 is 15.3 Å². The van der Waals surface area contributed by atoms with Crippen LogP contribution in [0.5, 0.6) is 0 Å². The highest BCUT2D eigenvalue weighted by Gasteiger charge is 2.25. The molecule has 0 radical (unpaired) electrons. The number of nitrogens with one attached hydrogen (secondary N) is 1. The van der Waals surface area contributed by atoms with E-state index in [0.29, 0.717) is 6.54 Å². The Bertz CT molecular complexity index is 488. The highest BCUT2D eigenvalue weighted by molar-refractivity contribution is 5.90. The molecule has 0 saturated carbocycles. The summed E-state index contributed by atoms with van der Waals surface area (Å²) in [7, 11) is 0. The van der Waals surface area contributed by atoms with E-state index in [1.54, 1.807) is 6.92 Å². The third-order valence-corrected chi connectivity index (χ3v) is 3.79. The average molecular weight is 298 g/mol. The van der Waals surface area contributed by atoms with E-state index in [4.69, 9.17) is 0 Å². The molecule has 1 aliphatic heterocycles. The minimum absolute atomic E-state index is 0.126. The van der Waals surface area contributed by atoms with Crippen molar-refractivity contribution in [2.24, 2.45) is 5.92 Å². The Morgan fingerprint density at radius 1 is 1.43 bits per heavy atom. The Morgan fingerprint density at radius 3 is 2.67 bits per heavy atom. The fraction of sp³-hybridized carbons (Fsp3) is 0.533. The number of carbonyl (C=O) groups is 1. The van der Waals surface area contributed by atoms with Gasteiger partial charge in [-0.2, -0.15) is 0 Å². The molecule has 6 heteroatoms. The lowest BCUT2D eigenvalue weighted by atomic mass is 10.0. The van der Waals surface area contributed by atoms with Crippen molar-refractivity contribution >= 4 is 11.6 Å². The summed E-state index contributed by atoms with van der Waals surface area (Å²) in [6, 6.07) is 2.93. The molecule has 0 spiro atoms. The number of amides is 1. The number of halogens is 2. The van der Waals surface area contributed by atoms with Gasteiger partial charge in [-0.05, 0) is 37.9 Å².